The molecule has 0 aliphatic heterocycles. The van der Waals surface area contributed by atoms with Crippen LogP contribution in [0.15, 0.2) is 10.5 Å². The van der Waals surface area contributed by atoms with Crippen LogP contribution >= 0.6 is 38.6 Å². The number of thiazole rings is 2. The minimum absolute atomic E-state index is 0.0545. The summed E-state index contributed by atoms with van der Waals surface area (Å²) in [5, 5.41) is 1.39. The second kappa shape index (κ2) is 12.5. The summed E-state index contributed by atoms with van der Waals surface area (Å²) < 4.78 is 2.88. The zero-order valence-corrected chi connectivity index (χ0v) is 24.6. The lowest BCUT2D eigenvalue weighted by Crippen LogP contribution is -2.40. The van der Waals surface area contributed by atoms with Gasteiger partial charge in [-0.25, -0.2) is 9.97 Å². The zero-order valence-electron chi connectivity index (χ0n) is 21.4. The molecular formula is C24H35BrN6O2S2. The molecule has 2 heterocycles. The van der Waals surface area contributed by atoms with Crippen molar-refractivity contribution in [1.29, 1.82) is 0 Å². The van der Waals surface area contributed by atoms with Gasteiger partial charge in [-0.05, 0) is 62.0 Å². The molecule has 3 aromatic rings. The normalized spacial score (nSPS) is 11.8. The van der Waals surface area contributed by atoms with Gasteiger partial charge in [0.15, 0.2) is 10.3 Å². The molecular weight excluding hydrogens is 548 g/mol. The predicted octanol–water partition coefficient (Wildman–Crippen LogP) is 5.06. The van der Waals surface area contributed by atoms with Gasteiger partial charge in [0.2, 0.25) is 11.8 Å². The van der Waals surface area contributed by atoms with E-state index in [9.17, 15) is 9.59 Å². The molecule has 0 unspecified atom stereocenters. The molecule has 2 aromatic heterocycles. The first-order valence-corrected chi connectivity index (χ1v) is 14.7. The van der Waals surface area contributed by atoms with Gasteiger partial charge in [-0.2, -0.15) is 0 Å². The van der Waals surface area contributed by atoms with Crippen LogP contribution in [0.1, 0.15) is 41.5 Å². The lowest BCUT2D eigenvalue weighted by atomic mass is 10.3. The van der Waals surface area contributed by atoms with Crippen molar-refractivity contribution in [1.82, 2.24) is 19.8 Å². The van der Waals surface area contributed by atoms with Gasteiger partial charge in [-0.3, -0.25) is 29.2 Å². The lowest BCUT2D eigenvalue weighted by Gasteiger charge is -2.23. The highest BCUT2D eigenvalue weighted by Gasteiger charge is 2.24. The van der Waals surface area contributed by atoms with Crippen LogP contribution in [0.2, 0.25) is 0 Å². The van der Waals surface area contributed by atoms with Crippen LogP contribution in [0.3, 0.4) is 0 Å². The number of halogens is 1. The third kappa shape index (κ3) is 6.02. The molecule has 1 aromatic carbocycles. The van der Waals surface area contributed by atoms with E-state index in [0.717, 1.165) is 51.1 Å². The highest BCUT2D eigenvalue weighted by atomic mass is 79.9. The largest absolute Gasteiger partial charge is 0.295 e. The molecule has 11 heteroatoms. The van der Waals surface area contributed by atoms with E-state index in [1.807, 2.05) is 19.9 Å². The van der Waals surface area contributed by atoms with Gasteiger partial charge < -0.3 is 0 Å². The number of carbonyl (C=O) groups is 2. The van der Waals surface area contributed by atoms with E-state index in [4.69, 9.17) is 9.97 Å². The molecule has 0 bridgehead atoms. The fourth-order valence-electron chi connectivity index (χ4n) is 3.90. The summed E-state index contributed by atoms with van der Waals surface area (Å²) in [6, 6.07) is 1.96. The number of rotatable bonds is 12. The molecule has 0 N–H and O–H groups in total. The molecule has 0 aliphatic carbocycles. The Bertz CT molecular complexity index is 1090. The second-order valence-electron chi connectivity index (χ2n) is 8.08. The maximum absolute atomic E-state index is 13.0. The smallest absolute Gasteiger partial charge is 0.242 e. The van der Waals surface area contributed by atoms with E-state index >= 15 is 0 Å². The van der Waals surface area contributed by atoms with Gasteiger partial charge in [-0.1, -0.05) is 50.4 Å². The van der Waals surface area contributed by atoms with Crippen molar-refractivity contribution in [3.05, 3.63) is 10.5 Å². The summed E-state index contributed by atoms with van der Waals surface area (Å²) in [4.78, 5) is 43.3. The summed E-state index contributed by atoms with van der Waals surface area (Å²) in [6.07, 6.45) is 0. The number of aromatic nitrogens is 2. The molecule has 2 amide bonds. The fraction of sp³-hybridized carbons (Fsp3) is 0.583. The first-order chi connectivity index (χ1) is 16.8. The van der Waals surface area contributed by atoms with Crippen LogP contribution in [-0.2, 0) is 9.59 Å². The minimum Gasteiger partial charge on any atom is -0.295 e. The van der Waals surface area contributed by atoms with Gasteiger partial charge >= 0.3 is 0 Å². The predicted molar refractivity (Wildman–Crippen MR) is 152 cm³/mol. The lowest BCUT2D eigenvalue weighted by molar-refractivity contribution is -0.120. The molecule has 192 valence electrons. The Morgan fingerprint density at radius 2 is 1.09 bits per heavy atom. The molecule has 3 rings (SSSR count). The van der Waals surface area contributed by atoms with Gasteiger partial charge in [0.25, 0.3) is 0 Å². The van der Waals surface area contributed by atoms with E-state index in [0.29, 0.717) is 36.4 Å². The van der Waals surface area contributed by atoms with Crippen molar-refractivity contribution in [3.8, 4) is 0 Å². The van der Waals surface area contributed by atoms with Gasteiger partial charge in [0.1, 0.15) is 0 Å². The van der Waals surface area contributed by atoms with Crippen molar-refractivity contribution in [2.45, 2.75) is 41.5 Å². The Kier molecular flexibility index (Phi) is 10.00. The van der Waals surface area contributed by atoms with E-state index < -0.39 is 0 Å². The van der Waals surface area contributed by atoms with E-state index in [1.165, 1.54) is 22.7 Å². The summed E-state index contributed by atoms with van der Waals surface area (Å²) in [6.45, 7) is 17.4. The zero-order chi connectivity index (χ0) is 25.7. The second-order valence-corrected chi connectivity index (χ2v) is 10.8. The Hall–Kier alpha value is -1.66. The number of anilines is 2. The van der Waals surface area contributed by atoms with Crippen LogP contribution in [-0.4, -0.2) is 83.9 Å². The SMILES string of the molecule is CCN(CC)CC(=O)N(CC)c1nc2cc3nc(N(CC)C(=O)CN(CC)CC)sc3c(Br)c2s1. The summed E-state index contributed by atoms with van der Waals surface area (Å²) in [7, 11) is 0. The van der Waals surface area contributed by atoms with Crippen LogP contribution in [0, 0.1) is 0 Å². The van der Waals surface area contributed by atoms with Crippen LogP contribution in [0.25, 0.3) is 20.4 Å². The molecule has 0 fully saturated rings. The number of amides is 2. The maximum atomic E-state index is 13.0. The summed E-state index contributed by atoms with van der Waals surface area (Å²) >= 11 is 6.78. The minimum atomic E-state index is 0.0545. The molecule has 0 saturated heterocycles. The van der Waals surface area contributed by atoms with Crippen molar-refractivity contribution >= 4 is 81.1 Å². The van der Waals surface area contributed by atoms with Crippen LogP contribution < -0.4 is 9.80 Å². The number of hydrogen-bond acceptors (Lipinski definition) is 8. The van der Waals surface area contributed by atoms with E-state index in [1.54, 1.807) is 9.80 Å². The standard InChI is InChI=1S/C24H35BrN6O2S2/c1-7-28(8-2)14-18(32)30(11-5)23-26-16-13-17-22(20(25)21(16)34-23)35-24(27-17)31(12-6)19(33)15-29(9-3)10-4/h13H,7-12,14-15H2,1-6H3. The Morgan fingerprint density at radius 1 is 0.714 bits per heavy atom. The number of hydrogen-bond donors (Lipinski definition) is 0. The highest BCUT2D eigenvalue weighted by Crippen LogP contribution is 2.42. The molecule has 35 heavy (non-hydrogen) atoms. The first kappa shape index (κ1) is 27.9. The van der Waals surface area contributed by atoms with Crippen LogP contribution in [0.4, 0.5) is 10.3 Å². The average molecular weight is 584 g/mol. The maximum Gasteiger partial charge on any atom is 0.242 e. The Balaban J connectivity index is 1.94. The number of carbonyl (C=O) groups excluding carboxylic acids is 2. The quantitative estimate of drug-likeness (QED) is 0.297. The van der Waals surface area contributed by atoms with E-state index in [2.05, 4.69) is 53.4 Å². The van der Waals surface area contributed by atoms with Gasteiger partial charge in [-0.15, -0.1) is 0 Å². The summed E-state index contributed by atoms with van der Waals surface area (Å²) in [5.41, 5.74) is 1.60. The number of likely N-dealkylation sites (N-methyl/N-ethyl adjacent to an activating group) is 4. The fourth-order valence-corrected chi connectivity index (χ4v) is 6.99. The molecule has 0 radical (unpaired) electrons. The van der Waals surface area contributed by atoms with Crippen molar-refractivity contribution in [2.24, 2.45) is 0 Å². The van der Waals surface area contributed by atoms with Gasteiger partial charge in [0, 0.05) is 13.1 Å². The third-order valence-electron chi connectivity index (χ3n) is 6.16. The molecule has 0 spiro atoms. The van der Waals surface area contributed by atoms with E-state index in [-0.39, 0.29) is 11.8 Å². The highest BCUT2D eigenvalue weighted by molar-refractivity contribution is 9.11. The van der Waals surface area contributed by atoms with Crippen molar-refractivity contribution in [2.75, 3.05) is 62.2 Å². The number of nitrogens with zero attached hydrogens (tertiary/aromatic N) is 6. The Morgan fingerprint density at radius 3 is 1.40 bits per heavy atom. The molecule has 0 atom stereocenters. The third-order valence-corrected chi connectivity index (χ3v) is 9.70. The monoisotopic (exact) mass is 582 g/mol. The molecule has 8 nitrogen and oxygen atoms in total. The molecule has 0 aliphatic rings. The number of fused-ring (bicyclic) bond motifs is 2. The first-order valence-electron chi connectivity index (χ1n) is 12.3. The molecule has 0 saturated carbocycles. The summed E-state index contributed by atoms with van der Waals surface area (Å²) in [5.74, 6) is 0.109. The van der Waals surface area contributed by atoms with Crippen molar-refractivity contribution < 1.29 is 9.59 Å². The van der Waals surface area contributed by atoms with Crippen molar-refractivity contribution in [3.63, 3.8) is 0 Å². The van der Waals surface area contributed by atoms with Gasteiger partial charge in [0.05, 0.1) is 38.0 Å². The number of benzene rings is 1. The average Bonchev–Trinajstić information content (AvgIpc) is 3.46. The van der Waals surface area contributed by atoms with Crippen LogP contribution in [0.5, 0.6) is 0 Å². The Labute approximate surface area is 224 Å². The topological polar surface area (TPSA) is 72.9 Å².